The number of aryl methyl sites for hydroxylation is 1. The average Bonchev–Trinajstić information content (AvgIpc) is 3.06. The summed E-state index contributed by atoms with van der Waals surface area (Å²) in [6.07, 6.45) is 1.93. The number of nitrogens with zero attached hydrogens (tertiary/aromatic N) is 3. The average molecular weight is 414 g/mol. The maximum Gasteiger partial charge on any atom is 0.317 e. The second kappa shape index (κ2) is 9.31. The molecule has 0 saturated heterocycles. The van der Waals surface area contributed by atoms with E-state index in [0.717, 1.165) is 11.1 Å². The summed E-state index contributed by atoms with van der Waals surface area (Å²) in [4.78, 5) is 27.7. The zero-order valence-electron chi connectivity index (χ0n) is 15.7. The second-order valence-electron chi connectivity index (χ2n) is 6.41. The number of benzene rings is 1. The molecule has 1 atom stereocenters. The van der Waals surface area contributed by atoms with Gasteiger partial charge >= 0.3 is 5.97 Å². The molecule has 3 rings (SSSR count). The normalized spacial score (nSPS) is 11.8. The smallest absolute Gasteiger partial charge is 0.317 e. The summed E-state index contributed by atoms with van der Waals surface area (Å²) in [6, 6.07) is 13.8. The molecule has 0 aliphatic heterocycles. The van der Waals surface area contributed by atoms with Crippen molar-refractivity contribution in [3.05, 3.63) is 65.4 Å². The number of pyridine rings is 1. The highest BCUT2D eigenvalue weighted by Crippen LogP contribution is 2.23. The number of hydrogen-bond donors (Lipinski definition) is 3. The van der Waals surface area contributed by atoms with E-state index in [1.54, 1.807) is 36.1 Å². The van der Waals surface area contributed by atoms with Crippen molar-refractivity contribution in [3.8, 4) is 11.3 Å². The van der Waals surface area contributed by atoms with Crippen molar-refractivity contribution in [2.75, 3.05) is 11.9 Å². The Hall–Kier alpha value is -3.23. The number of carboxylic acid groups (broad SMARTS) is 1. The Morgan fingerprint density at radius 2 is 1.97 bits per heavy atom. The van der Waals surface area contributed by atoms with Gasteiger partial charge in [-0.05, 0) is 24.1 Å². The number of aromatic nitrogens is 3. The van der Waals surface area contributed by atoms with Gasteiger partial charge in [0.25, 0.3) is 0 Å². The third-order valence-electron chi connectivity index (χ3n) is 4.25. The number of anilines is 1. The SMILES string of the molecule is Cn1nc(-c2ccnc(Cl)c2)cc1NC(=O)C(Cc1ccccc1)NCC(=O)O. The van der Waals surface area contributed by atoms with Crippen molar-refractivity contribution in [3.63, 3.8) is 0 Å². The Kier molecular flexibility index (Phi) is 6.58. The van der Waals surface area contributed by atoms with Crippen molar-refractivity contribution in [2.45, 2.75) is 12.5 Å². The van der Waals surface area contributed by atoms with Crippen LogP contribution in [0.4, 0.5) is 5.82 Å². The van der Waals surface area contributed by atoms with Gasteiger partial charge in [0.2, 0.25) is 5.91 Å². The molecule has 1 aromatic carbocycles. The molecule has 2 heterocycles. The van der Waals surface area contributed by atoms with Crippen molar-refractivity contribution >= 4 is 29.3 Å². The van der Waals surface area contributed by atoms with E-state index in [2.05, 4.69) is 20.7 Å². The number of carboxylic acids is 1. The Labute approximate surface area is 172 Å². The molecule has 0 aliphatic carbocycles. The Balaban J connectivity index is 1.77. The van der Waals surface area contributed by atoms with Gasteiger partial charge in [0, 0.05) is 24.9 Å². The second-order valence-corrected chi connectivity index (χ2v) is 6.80. The summed E-state index contributed by atoms with van der Waals surface area (Å²) >= 11 is 5.93. The minimum Gasteiger partial charge on any atom is -0.480 e. The van der Waals surface area contributed by atoms with Crippen molar-refractivity contribution in [1.82, 2.24) is 20.1 Å². The number of rotatable bonds is 8. The van der Waals surface area contributed by atoms with Crippen LogP contribution in [0, 0.1) is 0 Å². The number of aliphatic carboxylic acids is 1. The predicted octanol–water partition coefficient (Wildman–Crippen LogP) is 2.36. The molecule has 1 unspecified atom stereocenters. The van der Waals surface area contributed by atoms with E-state index in [4.69, 9.17) is 16.7 Å². The molecule has 3 aromatic rings. The maximum absolute atomic E-state index is 12.8. The van der Waals surface area contributed by atoms with Crippen molar-refractivity contribution in [1.29, 1.82) is 0 Å². The van der Waals surface area contributed by atoms with Crippen LogP contribution in [0.25, 0.3) is 11.3 Å². The molecule has 3 N–H and O–H groups in total. The highest BCUT2D eigenvalue weighted by Gasteiger charge is 2.21. The monoisotopic (exact) mass is 413 g/mol. The minimum absolute atomic E-state index is 0.322. The summed E-state index contributed by atoms with van der Waals surface area (Å²) in [7, 11) is 1.71. The summed E-state index contributed by atoms with van der Waals surface area (Å²) in [5.74, 6) is -0.904. The molecule has 0 fully saturated rings. The first kappa shape index (κ1) is 20.5. The summed E-state index contributed by atoms with van der Waals surface area (Å²) in [5, 5.41) is 19.3. The third-order valence-corrected chi connectivity index (χ3v) is 4.46. The molecule has 2 aromatic heterocycles. The van der Waals surface area contributed by atoms with Crippen LogP contribution in [0.3, 0.4) is 0 Å². The number of carbonyl (C=O) groups is 2. The third kappa shape index (κ3) is 5.63. The van der Waals surface area contributed by atoms with Gasteiger partial charge in [-0.1, -0.05) is 41.9 Å². The molecule has 0 radical (unpaired) electrons. The number of nitrogens with one attached hydrogen (secondary N) is 2. The predicted molar refractivity (Wildman–Crippen MR) is 110 cm³/mol. The zero-order valence-corrected chi connectivity index (χ0v) is 16.4. The van der Waals surface area contributed by atoms with Crippen LogP contribution in [0.1, 0.15) is 5.56 Å². The summed E-state index contributed by atoms with van der Waals surface area (Å²) in [6.45, 7) is -0.322. The highest BCUT2D eigenvalue weighted by atomic mass is 35.5. The number of carbonyl (C=O) groups excluding carboxylic acids is 1. The maximum atomic E-state index is 12.8. The van der Waals surface area contributed by atoms with E-state index in [-0.39, 0.29) is 12.5 Å². The number of hydrogen-bond acceptors (Lipinski definition) is 5. The molecule has 0 spiro atoms. The van der Waals surface area contributed by atoms with Gasteiger partial charge in [0.1, 0.15) is 11.0 Å². The molecule has 0 bridgehead atoms. The van der Waals surface area contributed by atoms with E-state index in [1.807, 2.05) is 30.3 Å². The van der Waals surface area contributed by atoms with Gasteiger partial charge in [-0.2, -0.15) is 5.10 Å². The molecule has 9 heteroatoms. The van der Waals surface area contributed by atoms with E-state index in [9.17, 15) is 9.59 Å². The van der Waals surface area contributed by atoms with Crippen LogP contribution in [0.5, 0.6) is 0 Å². The fourth-order valence-electron chi connectivity index (χ4n) is 2.82. The van der Waals surface area contributed by atoms with E-state index >= 15 is 0 Å². The lowest BCUT2D eigenvalue weighted by atomic mass is 10.1. The van der Waals surface area contributed by atoms with E-state index < -0.39 is 12.0 Å². The van der Waals surface area contributed by atoms with E-state index in [0.29, 0.717) is 23.1 Å². The largest absolute Gasteiger partial charge is 0.480 e. The van der Waals surface area contributed by atoms with Gasteiger partial charge in [-0.3, -0.25) is 19.6 Å². The summed E-state index contributed by atoms with van der Waals surface area (Å²) in [5.41, 5.74) is 2.32. The first-order chi connectivity index (χ1) is 13.9. The molecule has 150 valence electrons. The minimum atomic E-state index is -1.03. The van der Waals surface area contributed by atoms with Gasteiger partial charge in [0.15, 0.2) is 0 Å². The first-order valence-corrected chi connectivity index (χ1v) is 9.26. The Bertz CT molecular complexity index is 1010. The molecule has 0 saturated carbocycles. The van der Waals surface area contributed by atoms with Gasteiger partial charge in [0.05, 0.1) is 18.3 Å². The lowest BCUT2D eigenvalue weighted by molar-refractivity contribution is -0.136. The molecular weight excluding hydrogens is 394 g/mol. The zero-order chi connectivity index (χ0) is 20.8. The van der Waals surface area contributed by atoms with Crippen molar-refractivity contribution in [2.24, 2.45) is 7.05 Å². The lowest BCUT2D eigenvalue weighted by Gasteiger charge is -2.17. The summed E-state index contributed by atoms with van der Waals surface area (Å²) < 4.78 is 1.54. The standard InChI is InChI=1S/C20H20ClN5O3/c1-26-18(11-15(25-26)14-7-8-22-17(21)10-14)24-20(29)16(23-12-19(27)28)9-13-5-3-2-4-6-13/h2-8,10-11,16,23H,9,12H2,1H3,(H,24,29)(H,27,28). The highest BCUT2D eigenvalue weighted by molar-refractivity contribution is 6.29. The number of halogens is 1. The fraction of sp³-hybridized carbons (Fsp3) is 0.200. The van der Waals surface area contributed by atoms with Crippen LogP contribution in [-0.2, 0) is 23.1 Å². The quantitative estimate of drug-likeness (QED) is 0.489. The topological polar surface area (TPSA) is 109 Å². The van der Waals surface area contributed by atoms with Crippen LogP contribution in [0.2, 0.25) is 5.15 Å². The van der Waals surface area contributed by atoms with E-state index in [1.165, 1.54) is 0 Å². The van der Waals surface area contributed by atoms with Gasteiger partial charge in [-0.15, -0.1) is 0 Å². The first-order valence-electron chi connectivity index (χ1n) is 8.88. The van der Waals surface area contributed by atoms with Crippen LogP contribution in [-0.4, -0.2) is 44.3 Å². The van der Waals surface area contributed by atoms with Gasteiger partial charge < -0.3 is 10.4 Å². The molecule has 29 heavy (non-hydrogen) atoms. The Morgan fingerprint density at radius 3 is 2.66 bits per heavy atom. The lowest BCUT2D eigenvalue weighted by Crippen LogP contribution is -2.44. The van der Waals surface area contributed by atoms with Crippen molar-refractivity contribution < 1.29 is 14.7 Å². The fourth-order valence-corrected chi connectivity index (χ4v) is 2.99. The molecule has 1 amide bonds. The Morgan fingerprint density at radius 1 is 1.21 bits per heavy atom. The number of amides is 1. The molecule has 8 nitrogen and oxygen atoms in total. The van der Waals surface area contributed by atoms with Crippen LogP contribution in [0.15, 0.2) is 54.7 Å². The molecule has 0 aliphatic rings. The molecular formula is C20H20ClN5O3. The van der Waals surface area contributed by atoms with Gasteiger partial charge in [-0.25, -0.2) is 4.98 Å². The van der Waals surface area contributed by atoms with Crippen LogP contribution >= 0.6 is 11.6 Å². The van der Waals surface area contributed by atoms with Crippen LogP contribution < -0.4 is 10.6 Å².